The summed E-state index contributed by atoms with van der Waals surface area (Å²) in [5.74, 6) is 0. The third-order valence-electron chi connectivity index (χ3n) is 4.15. The lowest BCUT2D eigenvalue weighted by atomic mass is 10.2. The smallest absolute Gasteiger partial charge is 0.0234 e. The molecule has 0 bridgehead atoms. The molecular weight excluding hydrogens is 300 g/mol. The highest BCUT2D eigenvalue weighted by Gasteiger charge is 2.16. The molecule has 0 amide bonds. The molecule has 1 aromatic rings. The average Bonchev–Trinajstić information content (AvgIpc) is 2.91. The second kappa shape index (κ2) is 7.41. The van der Waals surface area contributed by atoms with Gasteiger partial charge in [-0.3, -0.25) is 4.90 Å². The molecule has 0 heterocycles. The summed E-state index contributed by atoms with van der Waals surface area (Å²) in [6, 6.07) is 9.96. The van der Waals surface area contributed by atoms with Crippen LogP contribution in [0.3, 0.4) is 0 Å². The van der Waals surface area contributed by atoms with E-state index in [0.29, 0.717) is 6.04 Å². The first-order valence-electron chi connectivity index (χ1n) is 7.33. The van der Waals surface area contributed by atoms with Gasteiger partial charge in [0.1, 0.15) is 0 Å². The van der Waals surface area contributed by atoms with Crippen molar-refractivity contribution in [1.82, 2.24) is 10.2 Å². The van der Waals surface area contributed by atoms with Crippen LogP contribution in [-0.2, 0) is 6.54 Å². The van der Waals surface area contributed by atoms with Gasteiger partial charge < -0.3 is 5.32 Å². The number of rotatable bonds is 6. The third-order valence-corrected chi connectivity index (χ3v) is 4.68. The molecule has 0 saturated heterocycles. The molecule has 1 unspecified atom stereocenters. The molecule has 19 heavy (non-hydrogen) atoms. The maximum absolute atomic E-state index is 3.71. The molecule has 0 spiro atoms. The van der Waals surface area contributed by atoms with Gasteiger partial charge in [-0.2, -0.15) is 0 Å². The van der Waals surface area contributed by atoms with Gasteiger partial charge in [-0.15, -0.1) is 0 Å². The predicted octanol–water partition coefficient (Wildman–Crippen LogP) is 3.80. The predicted molar refractivity (Wildman–Crippen MR) is 85.3 cm³/mol. The zero-order chi connectivity index (χ0) is 13.7. The summed E-state index contributed by atoms with van der Waals surface area (Å²) in [6.07, 6.45) is 5.54. The molecule has 0 aliphatic heterocycles. The van der Waals surface area contributed by atoms with E-state index in [1.54, 1.807) is 0 Å². The van der Waals surface area contributed by atoms with E-state index >= 15 is 0 Å². The Morgan fingerprint density at radius 3 is 2.53 bits per heavy atom. The first-order valence-corrected chi connectivity index (χ1v) is 8.12. The van der Waals surface area contributed by atoms with Gasteiger partial charge in [-0.25, -0.2) is 0 Å². The van der Waals surface area contributed by atoms with Gasteiger partial charge in [0.05, 0.1) is 0 Å². The normalized spacial score (nSPS) is 18.1. The number of nitrogens with one attached hydrogen (secondary N) is 1. The van der Waals surface area contributed by atoms with E-state index < -0.39 is 0 Å². The Morgan fingerprint density at radius 2 is 1.89 bits per heavy atom. The van der Waals surface area contributed by atoms with Gasteiger partial charge in [-0.1, -0.05) is 40.9 Å². The van der Waals surface area contributed by atoms with Crippen molar-refractivity contribution in [2.75, 3.05) is 13.6 Å². The lowest BCUT2D eigenvalue weighted by molar-refractivity contribution is 0.237. The molecule has 2 nitrogen and oxygen atoms in total. The number of nitrogens with zero attached hydrogens (tertiary/aromatic N) is 1. The molecular formula is C16H25BrN2. The Bertz CT molecular complexity index is 371. The lowest BCUT2D eigenvalue weighted by Crippen LogP contribution is -2.40. The minimum atomic E-state index is 0.573. The first-order chi connectivity index (χ1) is 9.15. The van der Waals surface area contributed by atoms with Crippen LogP contribution in [0, 0.1) is 0 Å². The van der Waals surface area contributed by atoms with Crippen LogP contribution in [0.15, 0.2) is 28.7 Å². The molecule has 0 radical (unpaired) electrons. The van der Waals surface area contributed by atoms with Crippen LogP contribution in [0.4, 0.5) is 0 Å². The Balaban J connectivity index is 1.74. The van der Waals surface area contributed by atoms with Gasteiger partial charge in [-0.05, 0) is 44.5 Å². The van der Waals surface area contributed by atoms with Crippen LogP contribution in [0.1, 0.15) is 38.2 Å². The number of benzene rings is 1. The molecule has 0 aromatic heterocycles. The highest BCUT2D eigenvalue weighted by Crippen LogP contribution is 2.18. The second-order valence-corrected chi connectivity index (χ2v) is 6.70. The van der Waals surface area contributed by atoms with E-state index in [4.69, 9.17) is 0 Å². The Morgan fingerprint density at radius 1 is 1.26 bits per heavy atom. The van der Waals surface area contributed by atoms with Crippen molar-refractivity contribution in [3.05, 3.63) is 34.3 Å². The molecule has 106 valence electrons. The summed E-state index contributed by atoms with van der Waals surface area (Å²) < 4.78 is 1.15. The molecule has 2 rings (SSSR count). The molecule has 1 fully saturated rings. The standard InChI is InChI=1S/C16H25BrN2/c1-13(11-18-16-5-3-4-6-16)19(2)12-14-7-9-15(17)10-8-14/h7-10,13,16,18H,3-6,11-12H2,1-2H3. The highest BCUT2D eigenvalue weighted by atomic mass is 79.9. The Labute approximate surface area is 125 Å². The summed E-state index contributed by atoms with van der Waals surface area (Å²) in [5, 5.41) is 3.71. The highest BCUT2D eigenvalue weighted by molar-refractivity contribution is 9.10. The van der Waals surface area contributed by atoms with Crippen molar-refractivity contribution in [1.29, 1.82) is 0 Å². The fourth-order valence-electron chi connectivity index (χ4n) is 2.66. The SMILES string of the molecule is CC(CNC1CCCC1)N(C)Cc1ccc(Br)cc1. The Hall–Kier alpha value is -0.380. The zero-order valence-corrected chi connectivity index (χ0v) is 13.6. The quantitative estimate of drug-likeness (QED) is 0.856. The van der Waals surface area contributed by atoms with Crippen LogP contribution in [0.25, 0.3) is 0 Å². The summed E-state index contributed by atoms with van der Waals surface area (Å²) in [4.78, 5) is 2.42. The van der Waals surface area contributed by atoms with Crippen molar-refractivity contribution in [2.45, 2.75) is 51.2 Å². The fourth-order valence-corrected chi connectivity index (χ4v) is 2.92. The van der Waals surface area contributed by atoms with Crippen LogP contribution < -0.4 is 5.32 Å². The monoisotopic (exact) mass is 324 g/mol. The van der Waals surface area contributed by atoms with Crippen LogP contribution >= 0.6 is 15.9 Å². The summed E-state index contributed by atoms with van der Waals surface area (Å²) in [5.41, 5.74) is 1.37. The average molecular weight is 325 g/mol. The van der Waals surface area contributed by atoms with Crippen molar-refractivity contribution < 1.29 is 0 Å². The van der Waals surface area contributed by atoms with Gasteiger partial charge in [0.25, 0.3) is 0 Å². The van der Waals surface area contributed by atoms with Gasteiger partial charge in [0.2, 0.25) is 0 Å². The number of hydrogen-bond donors (Lipinski definition) is 1. The molecule has 1 N–H and O–H groups in total. The molecule has 1 aromatic carbocycles. The molecule has 1 atom stereocenters. The van der Waals surface area contributed by atoms with Gasteiger partial charge >= 0.3 is 0 Å². The van der Waals surface area contributed by atoms with E-state index in [1.807, 2.05) is 0 Å². The largest absolute Gasteiger partial charge is 0.312 e. The molecule has 1 saturated carbocycles. The third kappa shape index (κ3) is 4.90. The van der Waals surface area contributed by atoms with E-state index in [9.17, 15) is 0 Å². The molecule has 3 heteroatoms. The van der Waals surface area contributed by atoms with Crippen molar-refractivity contribution in [3.63, 3.8) is 0 Å². The maximum Gasteiger partial charge on any atom is 0.0234 e. The van der Waals surface area contributed by atoms with Crippen molar-refractivity contribution in [2.24, 2.45) is 0 Å². The van der Waals surface area contributed by atoms with Crippen molar-refractivity contribution in [3.8, 4) is 0 Å². The minimum Gasteiger partial charge on any atom is -0.312 e. The van der Waals surface area contributed by atoms with Gasteiger partial charge in [0.15, 0.2) is 0 Å². The minimum absolute atomic E-state index is 0.573. The van der Waals surface area contributed by atoms with Crippen molar-refractivity contribution >= 4 is 15.9 Å². The van der Waals surface area contributed by atoms with E-state index in [1.165, 1.54) is 31.2 Å². The molecule has 1 aliphatic carbocycles. The summed E-state index contributed by atoms with van der Waals surface area (Å²) in [7, 11) is 2.21. The maximum atomic E-state index is 3.71. The first kappa shape index (κ1) is 15.0. The van der Waals surface area contributed by atoms with Crippen LogP contribution in [0.2, 0.25) is 0 Å². The van der Waals surface area contributed by atoms with Crippen LogP contribution in [0.5, 0.6) is 0 Å². The van der Waals surface area contributed by atoms with Crippen LogP contribution in [-0.4, -0.2) is 30.6 Å². The van der Waals surface area contributed by atoms with Gasteiger partial charge in [0, 0.05) is 29.6 Å². The zero-order valence-electron chi connectivity index (χ0n) is 12.0. The second-order valence-electron chi connectivity index (χ2n) is 5.78. The molecule has 1 aliphatic rings. The van der Waals surface area contributed by atoms with E-state index in [-0.39, 0.29) is 0 Å². The van der Waals surface area contributed by atoms with E-state index in [0.717, 1.165) is 23.6 Å². The topological polar surface area (TPSA) is 15.3 Å². The van der Waals surface area contributed by atoms with E-state index in [2.05, 4.69) is 64.4 Å². The lowest BCUT2D eigenvalue weighted by Gasteiger charge is -2.26. The number of likely N-dealkylation sites (N-methyl/N-ethyl adjacent to an activating group) is 1. The number of hydrogen-bond acceptors (Lipinski definition) is 2. The summed E-state index contributed by atoms with van der Waals surface area (Å²) in [6.45, 7) is 4.42. The number of halogens is 1. The Kier molecular flexibility index (Phi) is 5.86. The fraction of sp³-hybridized carbons (Fsp3) is 0.625. The summed E-state index contributed by atoms with van der Waals surface area (Å²) >= 11 is 3.48.